The average molecular weight is 396 g/mol. The second-order valence-corrected chi connectivity index (χ2v) is 5.60. The number of benzene rings is 2. The molecule has 0 aromatic heterocycles. The normalized spacial score (nSPS) is 12.5. The average Bonchev–Trinajstić information content (AvgIpc) is 2.31. The molecule has 1 unspecified atom stereocenters. The van der Waals surface area contributed by atoms with Crippen molar-refractivity contribution in [3.05, 3.63) is 67.9 Å². The van der Waals surface area contributed by atoms with Crippen molar-refractivity contribution in [2.45, 2.75) is 6.10 Å². The summed E-state index contributed by atoms with van der Waals surface area (Å²) in [4.78, 5) is 0. The standard InChI is InChI=1S/C13H7Br2F3O/c14-6-4-9(16)11(10(17)5-6)13(19)7-2-1-3-8(15)12(7)18/h1-5,13,19H. The topological polar surface area (TPSA) is 20.2 Å². The summed E-state index contributed by atoms with van der Waals surface area (Å²) in [6.45, 7) is 0. The lowest BCUT2D eigenvalue weighted by atomic mass is 10.00. The molecular weight excluding hydrogens is 389 g/mol. The smallest absolute Gasteiger partial charge is 0.143 e. The van der Waals surface area contributed by atoms with E-state index in [1.165, 1.54) is 18.2 Å². The molecule has 0 saturated carbocycles. The Bertz CT molecular complexity index is 608. The van der Waals surface area contributed by atoms with E-state index < -0.39 is 29.1 Å². The Hall–Kier alpha value is -0.850. The van der Waals surface area contributed by atoms with Crippen molar-refractivity contribution in [2.24, 2.45) is 0 Å². The Kier molecular flexibility index (Phi) is 4.32. The highest BCUT2D eigenvalue weighted by molar-refractivity contribution is 9.10. The van der Waals surface area contributed by atoms with E-state index in [9.17, 15) is 18.3 Å². The highest BCUT2D eigenvalue weighted by Gasteiger charge is 2.23. The highest BCUT2D eigenvalue weighted by atomic mass is 79.9. The van der Waals surface area contributed by atoms with Gasteiger partial charge >= 0.3 is 0 Å². The molecule has 2 aromatic carbocycles. The molecule has 0 bridgehead atoms. The summed E-state index contributed by atoms with van der Waals surface area (Å²) in [6.07, 6.45) is -1.72. The van der Waals surface area contributed by atoms with Crippen LogP contribution in [-0.4, -0.2) is 5.11 Å². The highest BCUT2D eigenvalue weighted by Crippen LogP contribution is 2.32. The van der Waals surface area contributed by atoms with E-state index in [2.05, 4.69) is 31.9 Å². The molecule has 6 heteroatoms. The Balaban J connectivity index is 2.56. The third-order valence-electron chi connectivity index (χ3n) is 2.59. The van der Waals surface area contributed by atoms with E-state index >= 15 is 0 Å². The summed E-state index contributed by atoms with van der Waals surface area (Å²) in [5, 5.41) is 9.99. The van der Waals surface area contributed by atoms with E-state index in [1.807, 2.05) is 0 Å². The number of aliphatic hydroxyl groups is 1. The minimum atomic E-state index is -1.72. The summed E-state index contributed by atoms with van der Waals surface area (Å²) < 4.78 is 41.6. The van der Waals surface area contributed by atoms with E-state index in [0.717, 1.165) is 12.1 Å². The summed E-state index contributed by atoms with van der Waals surface area (Å²) in [7, 11) is 0. The Morgan fingerprint density at radius 3 is 2.16 bits per heavy atom. The van der Waals surface area contributed by atoms with Gasteiger partial charge in [-0.3, -0.25) is 0 Å². The molecule has 0 aliphatic heterocycles. The fraction of sp³-hybridized carbons (Fsp3) is 0.0769. The minimum absolute atomic E-state index is 0.113. The molecule has 1 nitrogen and oxygen atoms in total. The molecule has 1 N–H and O–H groups in total. The lowest BCUT2D eigenvalue weighted by Gasteiger charge is -2.15. The zero-order chi connectivity index (χ0) is 14.2. The number of halogens is 5. The van der Waals surface area contributed by atoms with Gasteiger partial charge in [-0.25, -0.2) is 13.2 Å². The maximum atomic E-state index is 13.8. The molecule has 0 aliphatic carbocycles. The maximum Gasteiger partial charge on any atom is 0.143 e. The third-order valence-corrected chi connectivity index (χ3v) is 3.66. The van der Waals surface area contributed by atoms with Crippen molar-refractivity contribution in [1.82, 2.24) is 0 Å². The molecule has 0 amide bonds. The molecule has 2 aromatic rings. The van der Waals surface area contributed by atoms with Crippen LogP contribution in [0.3, 0.4) is 0 Å². The van der Waals surface area contributed by atoms with Gasteiger partial charge in [0.25, 0.3) is 0 Å². The Labute approximate surface area is 124 Å². The molecule has 0 fully saturated rings. The van der Waals surface area contributed by atoms with E-state index in [1.54, 1.807) is 0 Å². The molecule has 0 saturated heterocycles. The molecule has 19 heavy (non-hydrogen) atoms. The second kappa shape index (κ2) is 5.64. The summed E-state index contributed by atoms with van der Waals surface area (Å²) in [5.74, 6) is -2.64. The van der Waals surface area contributed by atoms with Gasteiger partial charge in [0.05, 0.1) is 10.0 Å². The molecule has 0 aliphatic rings. The first kappa shape index (κ1) is 14.6. The van der Waals surface area contributed by atoms with Gasteiger partial charge in [0.15, 0.2) is 0 Å². The summed E-state index contributed by atoms with van der Waals surface area (Å²) in [6, 6.07) is 6.20. The van der Waals surface area contributed by atoms with Crippen LogP contribution in [0.4, 0.5) is 13.2 Å². The molecule has 0 spiro atoms. The van der Waals surface area contributed by atoms with Crippen LogP contribution in [0, 0.1) is 17.5 Å². The molecule has 1 atom stereocenters. The van der Waals surface area contributed by atoms with Crippen molar-refractivity contribution in [3.63, 3.8) is 0 Å². The van der Waals surface area contributed by atoms with Crippen LogP contribution in [0.5, 0.6) is 0 Å². The van der Waals surface area contributed by atoms with Crippen molar-refractivity contribution in [2.75, 3.05) is 0 Å². The minimum Gasteiger partial charge on any atom is -0.383 e. The maximum absolute atomic E-state index is 13.8. The zero-order valence-electron chi connectivity index (χ0n) is 9.30. The summed E-state index contributed by atoms with van der Waals surface area (Å²) in [5.41, 5.74) is -0.783. The summed E-state index contributed by atoms with van der Waals surface area (Å²) >= 11 is 5.89. The van der Waals surface area contributed by atoms with Gasteiger partial charge in [0.1, 0.15) is 23.6 Å². The first-order valence-corrected chi connectivity index (χ1v) is 6.77. The zero-order valence-corrected chi connectivity index (χ0v) is 12.5. The predicted molar refractivity (Wildman–Crippen MR) is 72.2 cm³/mol. The number of aliphatic hydroxyl groups excluding tert-OH is 1. The quantitative estimate of drug-likeness (QED) is 0.780. The second-order valence-electron chi connectivity index (χ2n) is 3.83. The fourth-order valence-corrected chi connectivity index (χ4v) is 2.49. The lowest BCUT2D eigenvalue weighted by Crippen LogP contribution is -2.08. The molecule has 0 radical (unpaired) electrons. The van der Waals surface area contributed by atoms with E-state index in [-0.39, 0.29) is 14.5 Å². The lowest BCUT2D eigenvalue weighted by molar-refractivity contribution is 0.203. The number of rotatable bonds is 2. The van der Waals surface area contributed by atoms with Crippen LogP contribution in [0.2, 0.25) is 0 Å². The van der Waals surface area contributed by atoms with Crippen molar-refractivity contribution >= 4 is 31.9 Å². The number of hydrogen-bond donors (Lipinski definition) is 1. The van der Waals surface area contributed by atoms with Crippen LogP contribution in [0.1, 0.15) is 17.2 Å². The van der Waals surface area contributed by atoms with Crippen molar-refractivity contribution in [1.29, 1.82) is 0 Å². The van der Waals surface area contributed by atoms with Crippen LogP contribution < -0.4 is 0 Å². The van der Waals surface area contributed by atoms with Crippen molar-refractivity contribution < 1.29 is 18.3 Å². The first-order valence-electron chi connectivity index (χ1n) is 5.18. The van der Waals surface area contributed by atoms with Gasteiger partial charge in [-0.15, -0.1) is 0 Å². The fourth-order valence-electron chi connectivity index (χ4n) is 1.70. The van der Waals surface area contributed by atoms with Gasteiger partial charge in [-0.2, -0.15) is 0 Å². The van der Waals surface area contributed by atoms with Gasteiger partial charge in [-0.05, 0) is 34.1 Å². The molecular formula is C13H7Br2F3O. The van der Waals surface area contributed by atoms with Crippen molar-refractivity contribution in [3.8, 4) is 0 Å². The molecule has 100 valence electrons. The SMILES string of the molecule is OC(c1cccc(Br)c1F)c1c(F)cc(Br)cc1F. The van der Waals surface area contributed by atoms with E-state index in [0.29, 0.717) is 0 Å². The van der Waals surface area contributed by atoms with Crippen LogP contribution >= 0.6 is 31.9 Å². The largest absolute Gasteiger partial charge is 0.383 e. The van der Waals surface area contributed by atoms with Gasteiger partial charge in [0.2, 0.25) is 0 Å². The molecule has 0 heterocycles. The molecule has 2 rings (SSSR count). The van der Waals surface area contributed by atoms with Crippen LogP contribution in [0.15, 0.2) is 39.3 Å². The van der Waals surface area contributed by atoms with Gasteiger partial charge < -0.3 is 5.11 Å². The van der Waals surface area contributed by atoms with Crippen LogP contribution in [0.25, 0.3) is 0 Å². The van der Waals surface area contributed by atoms with Gasteiger partial charge in [0, 0.05) is 10.0 Å². The van der Waals surface area contributed by atoms with Gasteiger partial charge in [-0.1, -0.05) is 28.1 Å². The third kappa shape index (κ3) is 2.85. The van der Waals surface area contributed by atoms with Crippen LogP contribution in [-0.2, 0) is 0 Å². The Morgan fingerprint density at radius 1 is 1.00 bits per heavy atom. The monoisotopic (exact) mass is 394 g/mol. The first-order chi connectivity index (χ1) is 8.91. The van der Waals surface area contributed by atoms with E-state index in [4.69, 9.17) is 0 Å². The predicted octanol–water partition coefficient (Wildman–Crippen LogP) is 4.71. The Morgan fingerprint density at radius 2 is 1.58 bits per heavy atom. The number of hydrogen-bond acceptors (Lipinski definition) is 1.